The van der Waals surface area contributed by atoms with Gasteiger partial charge >= 0.3 is 0 Å². The lowest BCUT2D eigenvalue weighted by atomic mass is 9.99. The topological polar surface area (TPSA) is 88.0 Å². The minimum Gasteiger partial charge on any atom is -0.363 e. The third-order valence-electron chi connectivity index (χ3n) is 2.98. The molecule has 0 aromatic carbocycles. The van der Waals surface area contributed by atoms with E-state index in [0.29, 0.717) is 30.6 Å². The van der Waals surface area contributed by atoms with E-state index in [0.717, 1.165) is 0 Å². The summed E-state index contributed by atoms with van der Waals surface area (Å²) < 4.78 is 26.4. The van der Waals surface area contributed by atoms with Crippen molar-refractivity contribution >= 4 is 10.0 Å². The average Bonchev–Trinajstić information content (AvgIpc) is 2.75. The van der Waals surface area contributed by atoms with Crippen molar-refractivity contribution < 1.29 is 8.42 Å². The summed E-state index contributed by atoms with van der Waals surface area (Å²) in [7, 11) is -3.41. The van der Waals surface area contributed by atoms with Crippen molar-refractivity contribution in [1.29, 1.82) is 0 Å². The second kappa shape index (κ2) is 5.66. The zero-order valence-electron chi connectivity index (χ0n) is 10.5. The molecule has 4 N–H and O–H groups in total. The Hall–Kier alpha value is -0.850. The number of rotatable bonds is 6. The maximum Gasteiger partial charge on any atom is 0.242 e. The number of nitrogens with one attached hydrogen (secondary N) is 2. The Kier molecular flexibility index (Phi) is 4.73. The number of H-pyrrole nitrogens is 1. The summed E-state index contributed by atoms with van der Waals surface area (Å²) in [6, 6.07) is 1.56. The van der Waals surface area contributed by atoms with E-state index in [-0.39, 0.29) is 4.90 Å². The van der Waals surface area contributed by atoms with Crippen molar-refractivity contribution in [2.24, 2.45) is 17.6 Å². The summed E-state index contributed by atoms with van der Waals surface area (Å²) in [5, 5.41) is 0. The van der Waals surface area contributed by atoms with Gasteiger partial charge < -0.3 is 10.7 Å². The highest BCUT2D eigenvalue weighted by Gasteiger charge is 2.17. The Morgan fingerprint density at radius 3 is 2.53 bits per heavy atom. The van der Waals surface area contributed by atoms with Gasteiger partial charge in [0.25, 0.3) is 0 Å². The van der Waals surface area contributed by atoms with Crippen LogP contribution in [0.4, 0.5) is 0 Å². The third-order valence-corrected chi connectivity index (χ3v) is 4.38. The standard InChI is InChI=1S/C11H21N3O2S/c1-8(2)9(3)6-14-17(15,16)11-4-10(5-12)13-7-11/h4,7-9,13-14H,5-6,12H2,1-3H3. The zero-order valence-corrected chi connectivity index (χ0v) is 11.3. The smallest absolute Gasteiger partial charge is 0.242 e. The molecule has 0 spiro atoms. The van der Waals surface area contributed by atoms with E-state index in [1.165, 1.54) is 6.20 Å². The second-order valence-corrected chi connectivity index (χ2v) is 6.40. The molecule has 0 aliphatic rings. The van der Waals surface area contributed by atoms with Gasteiger partial charge in [0.15, 0.2) is 0 Å². The minimum atomic E-state index is -3.41. The Morgan fingerprint density at radius 1 is 1.41 bits per heavy atom. The largest absolute Gasteiger partial charge is 0.363 e. The molecule has 0 radical (unpaired) electrons. The predicted octanol–water partition coefficient (Wildman–Crippen LogP) is 1.04. The van der Waals surface area contributed by atoms with Crippen molar-refractivity contribution in [2.45, 2.75) is 32.2 Å². The SMILES string of the molecule is CC(C)C(C)CNS(=O)(=O)c1c[nH]c(CN)c1. The van der Waals surface area contributed by atoms with Gasteiger partial charge in [0.2, 0.25) is 10.0 Å². The van der Waals surface area contributed by atoms with Crippen LogP contribution in [0, 0.1) is 11.8 Å². The molecule has 1 atom stereocenters. The molecule has 0 saturated heterocycles. The van der Waals surface area contributed by atoms with Crippen molar-refractivity contribution in [3.8, 4) is 0 Å². The fourth-order valence-corrected chi connectivity index (χ4v) is 2.41. The van der Waals surface area contributed by atoms with Gasteiger partial charge in [-0.2, -0.15) is 0 Å². The minimum absolute atomic E-state index is 0.244. The van der Waals surface area contributed by atoms with Gasteiger partial charge in [0.1, 0.15) is 0 Å². The predicted molar refractivity (Wildman–Crippen MR) is 67.9 cm³/mol. The van der Waals surface area contributed by atoms with E-state index in [1.54, 1.807) is 6.07 Å². The molecule has 0 bridgehead atoms. The third kappa shape index (κ3) is 3.83. The first-order valence-electron chi connectivity index (χ1n) is 5.74. The van der Waals surface area contributed by atoms with E-state index in [2.05, 4.69) is 23.6 Å². The highest BCUT2D eigenvalue weighted by molar-refractivity contribution is 7.89. The van der Waals surface area contributed by atoms with Crippen molar-refractivity contribution in [3.05, 3.63) is 18.0 Å². The van der Waals surface area contributed by atoms with Gasteiger partial charge in [-0.3, -0.25) is 0 Å². The Balaban J connectivity index is 2.69. The quantitative estimate of drug-likeness (QED) is 0.713. The lowest BCUT2D eigenvalue weighted by Crippen LogP contribution is -2.30. The molecule has 17 heavy (non-hydrogen) atoms. The summed E-state index contributed by atoms with van der Waals surface area (Å²) >= 11 is 0. The summed E-state index contributed by atoms with van der Waals surface area (Å²) in [4.78, 5) is 3.07. The van der Waals surface area contributed by atoms with E-state index in [9.17, 15) is 8.42 Å². The lowest BCUT2D eigenvalue weighted by molar-refractivity contribution is 0.414. The molecule has 1 rings (SSSR count). The fourth-order valence-electron chi connectivity index (χ4n) is 1.25. The summed E-state index contributed by atoms with van der Waals surface area (Å²) in [6.45, 7) is 6.92. The van der Waals surface area contributed by atoms with Crippen LogP contribution in [0.15, 0.2) is 17.2 Å². The van der Waals surface area contributed by atoms with Gasteiger partial charge in [-0.25, -0.2) is 13.1 Å². The van der Waals surface area contributed by atoms with Crippen LogP contribution in [-0.2, 0) is 16.6 Å². The summed E-state index contributed by atoms with van der Waals surface area (Å²) in [6.07, 6.45) is 1.46. The Bertz CT molecular complexity index is 451. The Labute approximate surface area is 103 Å². The Morgan fingerprint density at radius 2 is 2.06 bits per heavy atom. The van der Waals surface area contributed by atoms with Gasteiger partial charge in [-0.1, -0.05) is 20.8 Å². The number of aromatic amines is 1. The number of nitrogens with two attached hydrogens (primary N) is 1. The molecule has 1 unspecified atom stereocenters. The molecule has 6 heteroatoms. The van der Waals surface area contributed by atoms with E-state index < -0.39 is 10.0 Å². The fraction of sp³-hybridized carbons (Fsp3) is 0.636. The van der Waals surface area contributed by atoms with Crippen LogP contribution in [0.3, 0.4) is 0 Å². The molecule has 1 aromatic heterocycles. The number of hydrogen-bond donors (Lipinski definition) is 3. The molecule has 0 amide bonds. The van der Waals surface area contributed by atoms with Crippen molar-refractivity contribution in [3.63, 3.8) is 0 Å². The van der Waals surface area contributed by atoms with Crippen molar-refractivity contribution in [2.75, 3.05) is 6.54 Å². The molecule has 0 saturated carbocycles. The maximum atomic E-state index is 11.9. The molecule has 1 aromatic rings. The molecule has 1 heterocycles. The number of aromatic nitrogens is 1. The molecule has 5 nitrogen and oxygen atoms in total. The average molecular weight is 259 g/mol. The molecule has 0 aliphatic carbocycles. The molecule has 0 aliphatic heterocycles. The first-order valence-corrected chi connectivity index (χ1v) is 7.22. The normalized spacial score (nSPS) is 14.2. The first-order chi connectivity index (χ1) is 7.86. The zero-order chi connectivity index (χ0) is 13.1. The molecular weight excluding hydrogens is 238 g/mol. The van der Waals surface area contributed by atoms with Gasteiger partial charge in [-0.05, 0) is 17.9 Å². The lowest BCUT2D eigenvalue weighted by Gasteiger charge is -2.15. The monoisotopic (exact) mass is 259 g/mol. The van der Waals surface area contributed by atoms with Crippen LogP contribution in [-0.4, -0.2) is 19.9 Å². The first kappa shape index (κ1) is 14.2. The van der Waals surface area contributed by atoms with Crippen LogP contribution in [0.25, 0.3) is 0 Å². The van der Waals surface area contributed by atoms with Crippen LogP contribution in [0.5, 0.6) is 0 Å². The van der Waals surface area contributed by atoms with E-state index in [1.807, 2.05) is 6.92 Å². The van der Waals surface area contributed by atoms with Gasteiger partial charge in [0, 0.05) is 25.0 Å². The molecule has 0 fully saturated rings. The van der Waals surface area contributed by atoms with Crippen LogP contribution in [0.2, 0.25) is 0 Å². The second-order valence-electron chi connectivity index (χ2n) is 4.64. The molecular formula is C11H21N3O2S. The van der Waals surface area contributed by atoms with Crippen molar-refractivity contribution in [1.82, 2.24) is 9.71 Å². The van der Waals surface area contributed by atoms with E-state index in [4.69, 9.17) is 5.73 Å². The van der Waals surface area contributed by atoms with Crippen LogP contribution in [0.1, 0.15) is 26.5 Å². The number of hydrogen-bond acceptors (Lipinski definition) is 3. The number of sulfonamides is 1. The summed E-state index contributed by atoms with van der Waals surface area (Å²) in [5.41, 5.74) is 6.13. The van der Waals surface area contributed by atoms with Gasteiger partial charge in [-0.15, -0.1) is 0 Å². The van der Waals surface area contributed by atoms with E-state index >= 15 is 0 Å². The maximum absolute atomic E-state index is 11.9. The van der Waals surface area contributed by atoms with Crippen LogP contribution >= 0.6 is 0 Å². The molecule has 98 valence electrons. The highest BCUT2D eigenvalue weighted by Crippen LogP contribution is 2.12. The van der Waals surface area contributed by atoms with Gasteiger partial charge in [0.05, 0.1) is 4.90 Å². The van der Waals surface area contributed by atoms with Crippen LogP contribution < -0.4 is 10.5 Å². The summed E-state index contributed by atoms with van der Waals surface area (Å²) in [5.74, 6) is 0.751. The highest BCUT2D eigenvalue weighted by atomic mass is 32.2.